The number of carbonyl (C=O) groups excluding carboxylic acids is 2. The molecule has 6 nitrogen and oxygen atoms in total. The average molecular weight is 295 g/mol. The quantitative estimate of drug-likeness (QED) is 0.840. The smallest absolute Gasteiger partial charge is 0.417 e. The molecule has 0 bridgehead atoms. The molecule has 0 saturated carbocycles. The second-order valence-corrected chi connectivity index (χ2v) is 6.37. The lowest BCUT2D eigenvalue weighted by Gasteiger charge is -2.42. The van der Waals surface area contributed by atoms with Crippen LogP contribution in [0.25, 0.3) is 0 Å². The third-order valence-corrected chi connectivity index (χ3v) is 4.89. The molecule has 118 valence electrons. The highest BCUT2D eigenvalue weighted by Gasteiger charge is 2.55. The maximum Gasteiger partial charge on any atom is 0.417 e. The molecule has 1 spiro atoms. The average Bonchev–Trinajstić information content (AvgIpc) is 2.73. The van der Waals surface area contributed by atoms with E-state index in [4.69, 9.17) is 4.74 Å². The Bertz CT molecular complexity index is 422. The summed E-state index contributed by atoms with van der Waals surface area (Å²) in [5, 5.41) is 3.37. The molecule has 2 amide bonds. The van der Waals surface area contributed by atoms with Gasteiger partial charge in [0, 0.05) is 19.1 Å². The lowest BCUT2D eigenvalue weighted by Crippen LogP contribution is -2.57. The lowest BCUT2D eigenvalue weighted by atomic mass is 9.89. The van der Waals surface area contributed by atoms with E-state index in [-0.39, 0.29) is 5.91 Å². The zero-order valence-corrected chi connectivity index (χ0v) is 12.8. The van der Waals surface area contributed by atoms with E-state index in [1.165, 1.54) is 4.90 Å². The second-order valence-electron chi connectivity index (χ2n) is 6.37. The molecule has 0 radical (unpaired) electrons. The molecule has 3 rings (SSSR count). The van der Waals surface area contributed by atoms with Gasteiger partial charge in [0.25, 0.3) is 5.91 Å². The summed E-state index contributed by atoms with van der Waals surface area (Å²) in [4.78, 5) is 28.3. The molecule has 3 heterocycles. The number of ether oxygens (including phenoxy) is 1. The minimum atomic E-state index is -0.907. The van der Waals surface area contributed by atoms with Gasteiger partial charge < -0.3 is 10.1 Å². The van der Waals surface area contributed by atoms with Crippen LogP contribution >= 0.6 is 0 Å². The zero-order chi connectivity index (χ0) is 14.9. The first-order chi connectivity index (χ1) is 10.2. The third-order valence-electron chi connectivity index (χ3n) is 4.89. The number of imide groups is 1. The Hall–Kier alpha value is -1.14. The summed E-state index contributed by atoms with van der Waals surface area (Å²) < 4.78 is 5.57. The molecule has 0 aromatic carbocycles. The molecule has 3 fully saturated rings. The predicted molar refractivity (Wildman–Crippen MR) is 77.9 cm³/mol. The summed E-state index contributed by atoms with van der Waals surface area (Å²) in [5.41, 5.74) is -0.907. The molecule has 21 heavy (non-hydrogen) atoms. The standard InChI is InChI=1S/C15H25N3O3/c1-2-9-18-13(19)15(21-14(18)20)6-3-10-17(11-15)12-4-7-16-8-5-12/h12,16H,2-11H2,1H3. The number of rotatable bonds is 3. The largest absolute Gasteiger partial charge is 0.431 e. The third kappa shape index (κ3) is 2.66. The normalized spacial score (nSPS) is 32.0. The number of hydrogen-bond donors (Lipinski definition) is 1. The molecule has 0 aliphatic carbocycles. The Morgan fingerprint density at radius 3 is 2.81 bits per heavy atom. The topological polar surface area (TPSA) is 61.9 Å². The van der Waals surface area contributed by atoms with Crippen molar-refractivity contribution in [1.29, 1.82) is 0 Å². The van der Waals surface area contributed by atoms with Crippen LogP contribution in [0.1, 0.15) is 39.0 Å². The van der Waals surface area contributed by atoms with Gasteiger partial charge in [-0.1, -0.05) is 6.92 Å². The summed E-state index contributed by atoms with van der Waals surface area (Å²) in [7, 11) is 0. The predicted octanol–water partition coefficient (Wildman–Crippen LogP) is 0.962. The van der Waals surface area contributed by atoms with Gasteiger partial charge in [-0.15, -0.1) is 0 Å². The summed E-state index contributed by atoms with van der Waals surface area (Å²) in [6.07, 6.45) is 4.12. The van der Waals surface area contributed by atoms with Crippen LogP contribution in [0.15, 0.2) is 0 Å². The Morgan fingerprint density at radius 1 is 1.33 bits per heavy atom. The summed E-state index contributed by atoms with van der Waals surface area (Å²) in [5.74, 6) is -0.118. The fraction of sp³-hybridized carbons (Fsp3) is 0.867. The highest BCUT2D eigenvalue weighted by atomic mass is 16.6. The van der Waals surface area contributed by atoms with E-state index < -0.39 is 11.7 Å². The van der Waals surface area contributed by atoms with E-state index in [9.17, 15) is 9.59 Å². The summed E-state index contributed by atoms with van der Waals surface area (Å²) in [6.45, 7) is 6.07. The van der Waals surface area contributed by atoms with Gasteiger partial charge in [0.05, 0.1) is 0 Å². The SMILES string of the molecule is CCCN1C(=O)OC2(CCCN(C3CCNCC3)C2)C1=O. The first kappa shape index (κ1) is 14.8. The van der Waals surface area contributed by atoms with Gasteiger partial charge in [-0.3, -0.25) is 9.69 Å². The Morgan fingerprint density at radius 2 is 2.10 bits per heavy atom. The molecule has 3 aliphatic heterocycles. The Kier molecular flexibility index (Phi) is 4.17. The van der Waals surface area contributed by atoms with Gasteiger partial charge in [0.15, 0.2) is 0 Å². The molecule has 6 heteroatoms. The summed E-state index contributed by atoms with van der Waals surface area (Å²) >= 11 is 0. The van der Waals surface area contributed by atoms with E-state index in [1.807, 2.05) is 6.92 Å². The van der Waals surface area contributed by atoms with Crippen LogP contribution in [-0.2, 0) is 9.53 Å². The van der Waals surface area contributed by atoms with Gasteiger partial charge in [-0.25, -0.2) is 9.69 Å². The fourth-order valence-electron chi connectivity index (χ4n) is 3.81. The number of nitrogens with one attached hydrogen (secondary N) is 1. The molecule has 1 N–H and O–H groups in total. The van der Waals surface area contributed by atoms with Crippen molar-refractivity contribution in [2.45, 2.75) is 50.7 Å². The van der Waals surface area contributed by atoms with Crippen molar-refractivity contribution in [1.82, 2.24) is 15.1 Å². The maximum absolute atomic E-state index is 12.7. The van der Waals surface area contributed by atoms with Crippen LogP contribution in [0.3, 0.4) is 0 Å². The van der Waals surface area contributed by atoms with E-state index in [0.717, 1.165) is 45.3 Å². The van der Waals surface area contributed by atoms with Crippen molar-refractivity contribution in [3.05, 3.63) is 0 Å². The van der Waals surface area contributed by atoms with Gasteiger partial charge in [0.1, 0.15) is 0 Å². The van der Waals surface area contributed by atoms with E-state index >= 15 is 0 Å². The number of piperidine rings is 2. The van der Waals surface area contributed by atoms with Gasteiger partial charge >= 0.3 is 6.09 Å². The van der Waals surface area contributed by atoms with Crippen LogP contribution < -0.4 is 5.32 Å². The monoisotopic (exact) mass is 295 g/mol. The number of nitrogens with zero attached hydrogens (tertiary/aromatic N) is 2. The lowest BCUT2D eigenvalue weighted by molar-refractivity contribution is -0.142. The minimum Gasteiger partial charge on any atom is -0.431 e. The van der Waals surface area contributed by atoms with E-state index in [0.29, 0.717) is 25.6 Å². The van der Waals surface area contributed by atoms with E-state index in [1.54, 1.807) is 0 Å². The number of hydrogen-bond acceptors (Lipinski definition) is 5. The zero-order valence-electron chi connectivity index (χ0n) is 12.8. The molecule has 3 saturated heterocycles. The molecule has 1 atom stereocenters. The molecule has 0 aromatic heterocycles. The molecule has 3 aliphatic rings. The minimum absolute atomic E-state index is 0.118. The molecular weight excluding hydrogens is 270 g/mol. The van der Waals surface area contributed by atoms with Gasteiger partial charge in [-0.05, 0) is 51.7 Å². The van der Waals surface area contributed by atoms with Crippen molar-refractivity contribution in [3.8, 4) is 0 Å². The number of likely N-dealkylation sites (tertiary alicyclic amines) is 1. The Balaban J connectivity index is 1.72. The van der Waals surface area contributed by atoms with Crippen molar-refractivity contribution >= 4 is 12.0 Å². The van der Waals surface area contributed by atoms with E-state index in [2.05, 4.69) is 10.2 Å². The van der Waals surface area contributed by atoms with Crippen LogP contribution in [0.4, 0.5) is 4.79 Å². The van der Waals surface area contributed by atoms with Crippen molar-refractivity contribution in [2.24, 2.45) is 0 Å². The van der Waals surface area contributed by atoms with Crippen LogP contribution in [0, 0.1) is 0 Å². The van der Waals surface area contributed by atoms with Crippen molar-refractivity contribution in [3.63, 3.8) is 0 Å². The van der Waals surface area contributed by atoms with Gasteiger partial charge in [0.2, 0.25) is 5.60 Å². The van der Waals surface area contributed by atoms with Crippen molar-refractivity contribution < 1.29 is 14.3 Å². The fourth-order valence-corrected chi connectivity index (χ4v) is 3.81. The molecule has 1 unspecified atom stereocenters. The first-order valence-corrected chi connectivity index (χ1v) is 8.16. The molecular formula is C15H25N3O3. The summed E-state index contributed by atoms with van der Waals surface area (Å²) in [6, 6.07) is 0.509. The first-order valence-electron chi connectivity index (χ1n) is 8.16. The van der Waals surface area contributed by atoms with Crippen LogP contribution in [0.5, 0.6) is 0 Å². The highest BCUT2D eigenvalue weighted by molar-refractivity contribution is 6.03. The van der Waals surface area contributed by atoms with Crippen LogP contribution in [0.2, 0.25) is 0 Å². The Labute approximate surface area is 125 Å². The van der Waals surface area contributed by atoms with Crippen LogP contribution in [-0.4, -0.2) is 66.2 Å². The molecule has 0 aromatic rings. The van der Waals surface area contributed by atoms with Crippen molar-refractivity contribution in [2.75, 3.05) is 32.7 Å². The highest BCUT2D eigenvalue weighted by Crippen LogP contribution is 2.35. The second kappa shape index (κ2) is 5.93. The van der Waals surface area contributed by atoms with Gasteiger partial charge in [-0.2, -0.15) is 0 Å². The number of amides is 2. The number of carbonyl (C=O) groups is 2. The maximum atomic E-state index is 12.7.